The fraction of sp³-hybridized carbons (Fsp3) is 0.333. The molecule has 6 heteroatoms. The molecule has 2 N–H and O–H groups in total. The number of anilines is 1. The third-order valence-electron chi connectivity index (χ3n) is 2.91. The number of nitrogens with one attached hydrogen (secondary N) is 2. The first-order valence-corrected chi connectivity index (χ1v) is 7.79. The van der Waals surface area contributed by atoms with Crippen LogP contribution in [0.2, 0.25) is 0 Å². The smallest absolute Gasteiger partial charge is 0.254 e. The standard InChI is InChI=1S/C15H18FN3OS/c1-2-7-17-14-13(16)12(6-9-18-14)15(20)19-8-5-11-4-3-10-21-11/h3-4,6,9-10H,2,5,7-8H2,1H3,(H,17,18)(H,19,20). The molecule has 0 radical (unpaired) electrons. The summed E-state index contributed by atoms with van der Waals surface area (Å²) in [7, 11) is 0. The van der Waals surface area contributed by atoms with E-state index in [9.17, 15) is 9.18 Å². The Hall–Kier alpha value is -1.95. The molecule has 112 valence electrons. The van der Waals surface area contributed by atoms with Crippen molar-refractivity contribution >= 4 is 23.1 Å². The summed E-state index contributed by atoms with van der Waals surface area (Å²) in [6, 6.07) is 5.37. The van der Waals surface area contributed by atoms with E-state index in [1.54, 1.807) is 11.3 Å². The van der Waals surface area contributed by atoms with Gasteiger partial charge in [0.1, 0.15) is 0 Å². The van der Waals surface area contributed by atoms with E-state index in [-0.39, 0.29) is 11.4 Å². The Balaban J connectivity index is 1.95. The normalized spacial score (nSPS) is 10.4. The highest BCUT2D eigenvalue weighted by molar-refractivity contribution is 7.09. The van der Waals surface area contributed by atoms with Crippen LogP contribution in [0.3, 0.4) is 0 Å². The van der Waals surface area contributed by atoms with Crippen molar-refractivity contribution in [3.05, 3.63) is 46.0 Å². The summed E-state index contributed by atoms with van der Waals surface area (Å²) < 4.78 is 14.2. The van der Waals surface area contributed by atoms with Gasteiger partial charge < -0.3 is 10.6 Å². The first-order valence-electron chi connectivity index (χ1n) is 6.91. The van der Waals surface area contributed by atoms with Crippen LogP contribution in [0.5, 0.6) is 0 Å². The van der Waals surface area contributed by atoms with Crippen LogP contribution in [0.1, 0.15) is 28.6 Å². The van der Waals surface area contributed by atoms with Crippen molar-refractivity contribution in [3.8, 4) is 0 Å². The van der Waals surface area contributed by atoms with Gasteiger partial charge in [-0.1, -0.05) is 13.0 Å². The second-order valence-corrected chi connectivity index (χ2v) is 5.57. The lowest BCUT2D eigenvalue weighted by atomic mass is 10.2. The number of hydrogen-bond acceptors (Lipinski definition) is 4. The summed E-state index contributed by atoms with van der Waals surface area (Å²) in [5.74, 6) is -0.881. The molecule has 0 aromatic carbocycles. The van der Waals surface area contributed by atoms with Crippen LogP contribution in [-0.4, -0.2) is 24.0 Å². The average molecular weight is 307 g/mol. The van der Waals surface area contributed by atoms with E-state index in [1.807, 2.05) is 24.4 Å². The van der Waals surface area contributed by atoms with Gasteiger partial charge >= 0.3 is 0 Å². The van der Waals surface area contributed by atoms with E-state index in [0.29, 0.717) is 13.1 Å². The zero-order valence-corrected chi connectivity index (χ0v) is 12.7. The van der Waals surface area contributed by atoms with Crippen LogP contribution < -0.4 is 10.6 Å². The van der Waals surface area contributed by atoms with Crippen LogP contribution in [0.15, 0.2) is 29.8 Å². The highest BCUT2D eigenvalue weighted by Crippen LogP contribution is 2.15. The lowest BCUT2D eigenvalue weighted by Crippen LogP contribution is -2.26. The van der Waals surface area contributed by atoms with Gasteiger partial charge in [0.05, 0.1) is 5.56 Å². The van der Waals surface area contributed by atoms with Crippen LogP contribution in [0.25, 0.3) is 0 Å². The molecular weight excluding hydrogens is 289 g/mol. The second kappa shape index (κ2) is 7.73. The quantitative estimate of drug-likeness (QED) is 0.826. The summed E-state index contributed by atoms with van der Waals surface area (Å²) in [4.78, 5) is 17.1. The molecule has 0 unspecified atom stereocenters. The van der Waals surface area contributed by atoms with Crippen molar-refractivity contribution in [2.24, 2.45) is 0 Å². The first-order chi connectivity index (χ1) is 10.2. The molecule has 21 heavy (non-hydrogen) atoms. The van der Waals surface area contributed by atoms with Gasteiger partial charge in [-0.2, -0.15) is 0 Å². The Bertz CT molecular complexity index is 587. The molecule has 4 nitrogen and oxygen atoms in total. The van der Waals surface area contributed by atoms with Gasteiger partial charge in [0.25, 0.3) is 5.91 Å². The number of aromatic nitrogens is 1. The highest BCUT2D eigenvalue weighted by atomic mass is 32.1. The maximum absolute atomic E-state index is 14.2. The van der Waals surface area contributed by atoms with E-state index in [1.165, 1.54) is 17.1 Å². The Labute approximate surface area is 127 Å². The fourth-order valence-electron chi connectivity index (χ4n) is 1.84. The number of amides is 1. The van der Waals surface area contributed by atoms with E-state index in [4.69, 9.17) is 0 Å². The first kappa shape index (κ1) is 15.4. The van der Waals surface area contributed by atoms with Gasteiger partial charge in [0.15, 0.2) is 11.6 Å². The number of hydrogen-bond donors (Lipinski definition) is 2. The van der Waals surface area contributed by atoms with Crippen molar-refractivity contribution in [1.82, 2.24) is 10.3 Å². The number of thiophene rings is 1. The van der Waals surface area contributed by atoms with Crippen molar-refractivity contribution in [2.45, 2.75) is 19.8 Å². The predicted octanol–water partition coefficient (Wildman–Crippen LogP) is 3.08. The molecule has 2 aromatic rings. The van der Waals surface area contributed by atoms with Crippen LogP contribution in [0, 0.1) is 5.82 Å². The van der Waals surface area contributed by atoms with Gasteiger partial charge in [-0.3, -0.25) is 4.79 Å². The van der Waals surface area contributed by atoms with E-state index < -0.39 is 11.7 Å². The SMILES string of the molecule is CCCNc1nccc(C(=O)NCCc2cccs2)c1F. The summed E-state index contributed by atoms with van der Waals surface area (Å²) in [6.07, 6.45) is 3.05. The van der Waals surface area contributed by atoms with E-state index >= 15 is 0 Å². The number of carbonyl (C=O) groups is 1. The monoisotopic (exact) mass is 307 g/mol. The minimum absolute atomic E-state index is 0.0229. The maximum Gasteiger partial charge on any atom is 0.254 e. The number of nitrogens with zero attached hydrogens (tertiary/aromatic N) is 1. The molecule has 0 aliphatic heterocycles. The molecule has 0 atom stereocenters. The zero-order chi connectivity index (χ0) is 15.1. The fourth-order valence-corrected chi connectivity index (χ4v) is 2.54. The molecule has 0 saturated carbocycles. The molecule has 0 spiro atoms. The molecule has 0 bridgehead atoms. The second-order valence-electron chi connectivity index (χ2n) is 4.53. The van der Waals surface area contributed by atoms with E-state index in [0.717, 1.165) is 12.8 Å². The molecule has 0 aliphatic carbocycles. The highest BCUT2D eigenvalue weighted by Gasteiger charge is 2.15. The van der Waals surface area contributed by atoms with Crippen molar-refractivity contribution < 1.29 is 9.18 Å². The molecule has 2 aromatic heterocycles. The van der Waals surface area contributed by atoms with Gasteiger partial charge in [-0.25, -0.2) is 9.37 Å². The zero-order valence-electron chi connectivity index (χ0n) is 11.9. The minimum atomic E-state index is -0.598. The lowest BCUT2D eigenvalue weighted by Gasteiger charge is -2.09. The third-order valence-corrected chi connectivity index (χ3v) is 3.85. The summed E-state index contributed by atoms with van der Waals surface area (Å²) in [5.41, 5.74) is 0.0229. The summed E-state index contributed by atoms with van der Waals surface area (Å²) >= 11 is 1.64. The average Bonchev–Trinajstić information content (AvgIpc) is 2.99. The van der Waals surface area contributed by atoms with E-state index in [2.05, 4.69) is 15.6 Å². The molecule has 1 amide bonds. The Kier molecular flexibility index (Phi) is 5.68. The van der Waals surface area contributed by atoms with Gasteiger partial charge in [-0.15, -0.1) is 11.3 Å². The number of halogens is 1. The Morgan fingerprint density at radius 2 is 2.24 bits per heavy atom. The molecule has 0 fully saturated rings. The van der Waals surface area contributed by atoms with Gasteiger partial charge in [0.2, 0.25) is 0 Å². The molecule has 0 aliphatic rings. The molecule has 2 heterocycles. The minimum Gasteiger partial charge on any atom is -0.368 e. The van der Waals surface area contributed by atoms with Crippen molar-refractivity contribution in [1.29, 1.82) is 0 Å². The topological polar surface area (TPSA) is 54.0 Å². The van der Waals surface area contributed by atoms with Gasteiger partial charge in [0, 0.05) is 24.2 Å². The number of rotatable bonds is 7. The number of pyridine rings is 1. The number of carbonyl (C=O) groups excluding carboxylic acids is 1. The summed E-state index contributed by atoms with van der Waals surface area (Å²) in [5, 5.41) is 7.60. The molecular formula is C15H18FN3OS. The maximum atomic E-state index is 14.2. The van der Waals surface area contributed by atoms with Crippen molar-refractivity contribution in [2.75, 3.05) is 18.4 Å². The molecule has 2 rings (SSSR count). The van der Waals surface area contributed by atoms with Crippen LogP contribution in [0.4, 0.5) is 10.2 Å². The lowest BCUT2D eigenvalue weighted by molar-refractivity contribution is 0.0950. The Morgan fingerprint density at radius 3 is 2.95 bits per heavy atom. The van der Waals surface area contributed by atoms with Crippen molar-refractivity contribution in [3.63, 3.8) is 0 Å². The predicted molar refractivity (Wildman–Crippen MR) is 83.3 cm³/mol. The summed E-state index contributed by atoms with van der Waals surface area (Å²) in [6.45, 7) is 3.08. The van der Waals surface area contributed by atoms with Crippen LogP contribution in [-0.2, 0) is 6.42 Å². The Morgan fingerprint density at radius 1 is 1.38 bits per heavy atom. The van der Waals surface area contributed by atoms with Gasteiger partial charge in [-0.05, 0) is 30.4 Å². The molecule has 0 saturated heterocycles. The van der Waals surface area contributed by atoms with Crippen LogP contribution >= 0.6 is 11.3 Å². The largest absolute Gasteiger partial charge is 0.368 e. The third kappa shape index (κ3) is 4.26.